The minimum absolute atomic E-state index is 0.0711. The van der Waals surface area contributed by atoms with E-state index in [1.807, 2.05) is 0 Å². The molecule has 0 fully saturated rings. The van der Waals surface area contributed by atoms with Gasteiger partial charge >= 0.3 is 23.7 Å². The van der Waals surface area contributed by atoms with Crippen LogP contribution in [0.15, 0.2) is 18.2 Å². The summed E-state index contributed by atoms with van der Waals surface area (Å²) < 4.78 is 14.6. The molecule has 11 nitrogen and oxygen atoms in total. The van der Waals surface area contributed by atoms with Crippen molar-refractivity contribution in [2.45, 2.75) is 32.4 Å². The summed E-state index contributed by atoms with van der Waals surface area (Å²) in [5, 5.41) is 22.4. The zero-order valence-corrected chi connectivity index (χ0v) is 15.2. The monoisotopic (exact) mass is 384 g/mol. The maximum absolute atomic E-state index is 11.7. The van der Waals surface area contributed by atoms with E-state index in [4.69, 9.17) is 9.47 Å². The van der Waals surface area contributed by atoms with Gasteiger partial charge in [0.05, 0.1) is 17.6 Å². The van der Waals surface area contributed by atoms with Gasteiger partial charge in [0.25, 0.3) is 0 Å². The number of hydrogen-bond acceptors (Lipinski definition) is 8. The fourth-order valence-corrected chi connectivity index (χ4v) is 1.82. The predicted molar refractivity (Wildman–Crippen MR) is 90.7 cm³/mol. The number of hydrogen-bond donors (Lipinski definition) is 2. The number of carbonyl (C=O) groups excluding carboxylic acids is 2. The molecule has 1 aromatic rings. The smallest absolute Gasteiger partial charge is 0.408 e. The van der Waals surface area contributed by atoms with Crippen LogP contribution in [0.2, 0.25) is 0 Å². The molecule has 0 aliphatic rings. The lowest BCUT2D eigenvalue weighted by Crippen LogP contribution is -2.46. The third-order valence-electron chi connectivity index (χ3n) is 2.97. The first-order chi connectivity index (χ1) is 12.4. The van der Waals surface area contributed by atoms with Crippen LogP contribution >= 0.6 is 0 Å². The number of nitro benzene ring substituents is 1. The Hall–Kier alpha value is -3.37. The van der Waals surface area contributed by atoms with Crippen LogP contribution < -0.4 is 10.1 Å². The average Bonchev–Trinajstić information content (AvgIpc) is 2.55. The van der Waals surface area contributed by atoms with Crippen molar-refractivity contribution in [2.75, 3.05) is 13.7 Å². The van der Waals surface area contributed by atoms with Crippen LogP contribution in [0.3, 0.4) is 0 Å². The van der Waals surface area contributed by atoms with Crippen LogP contribution in [-0.2, 0) is 14.3 Å². The van der Waals surface area contributed by atoms with Gasteiger partial charge in [-0.2, -0.15) is 0 Å². The van der Waals surface area contributed by atoms with E-state index in [1.165, 1.54) is 6.07 Å². The highest BCUT2D eigenvalue weighted by Gasteiger charge is 2.26. The van der Waals surface area contributed by atoms with Crippen molar-refractivity contribution in [3.63, 3.8) is 0 Å². The quantitative estimate of drug-likeness (QED) is 0.406. The minimum Gasteiger partial charge on any atom is -0.484 e. The SMILES string of the molecule is COC(=O)c1ccc(OCC(NC(=O)OC(C)(C)C)C(=O)O)c([N+](=O)[O-])c1. The van der Waals surface area contributed by atoms with Crippen molar-refractivity contribution in [2.24, 2.45) is 0 Å². The van der Waals surface area contributed by atoms with Crippen molar-refractivity contribution in [3.8, 4) is 5.75 Å². The summed E-state index contributed by atoms with van der Waals surface area (Å²) in [6, 6.07) is 1.79. The first kappa shape index (κ1) is 21.7. The van der Waals surface area contributed by atoms with Gasteiger partial charge in [-0.3, -0.25) is 10.1 Å². The number of nitrogens with one attached hydrogen (secondary N) is 1. The van der Waals surface area contributed by atoms with Crippen molar-refractivity contribution in [3.05, 3.63) is 33.9 Å². The van der Waals surface area contributed by atoms with Crippen molar-refractivity contribution >= 4 is 23.7 Å². The van der Waals surface area contributed by atoms with Crippen molar-refractivity contribution in [1.82, 2.24) is 5.32 Å². The number of carboxylic acids is 1. The summed E-state index contributed by atoms with van der Waals surface area (Å²) >= 11 is 0. The van der Waals surface area contributed by atoms with Gasteiger partial charge in [0.1, 0.15) is 12.2 Å². The van der Waals surface area contributed by atoms with Gasteiger partial charge in [-0.1, -0.05) is 0 Å². The zero-order chi connectivity index (χ0) is 20.8. The van der Waals surface area contributed by atoms with E-state index in [9.17, 15) is 29.6 Å². The zero-order valence-electron chi connectivity index (χ0n) is 15.2. The van der Waals surface area contributed by atoms with E-state index in [0.717, 1.165) is 19.2 Å². The highest BCUT2D eigenvalue weighted by atomic mass is 16.6. The Morgan fingerprint density at radius 1 is 1.30 bits per heavy atom. The van der Waals surface area contributed by atoms with Gasteiger partial charge in [-0.25, -0.2) is 14.4 Å². The molecule has 0 bridgehead atoms. The van der Waals surface area contributed by atoms with Gasteiger partial charge in [0, 0.05) is 6.07 Å². The minimum atomic E-state index is -1.51. The number of esters is 1. The molecule has 0 radical (unpaired) electrons. The number of carbonyl (C=O) groups is 3. The molecule has 0 heterocycles. The topological polar surface area (TPSA) is 154 Å². The molecule has 0 aromatic heterocycles. The number of amides is 1. The van der Waals surface area contributed by atoms with E-state index in [-0.39, 0.29) is 11.3 Å². The third-order valence-corrected chi connectivity index (χ3v) is 2.97. The number of nitrogens with zero attached hydrogens (tertiary/aromatic N) is 1. The average molecular weight is 384 g/mol. The number of nitro groups is 1. The van der Waals surface area contributed by atoms with Crippen molar-refractivity contribution < 1.29 is 38.6 Å². The first-order valence-corrected chi connectivity index (χ1v) is 7.66. The van der Waals surface area contributed by atoms with Gasteiger partial charge in [0.15, 0.2) is 11.8 Å². The molecule has 1 rings (SSSR count). The summed E-state index contributed by atoms with van der Waals surface area (Å²) in [6.07, 6.45) is -0.978. The molecule has 1 amide bonds. The highest BCUT2D eigenvalue weighted by molar-refractivity contribution is 5.90. The lowest BCUT2D eigenvalue weighted by atomic mass is 10.2. The molecular formula is C16H20N2O9. The largest absolute Gasteiger partial charge is 0.484 e. The van der Waals surface area contributed by atoms with E-state index in [0.29, 0.717) is 0 Å². The Balaban J connectivity index is 2.92. The van der Waals surface area contributed by atoms with Gasteiger partial charge < -0.3 is 24.6 Å². The van der Waals surface area contributed by atoms with Crippen LogP contribution in [0, 0.1) is 10.1 Å². The second-order valence-electron chi connectivity index (χ2n) is 6.28. The number of ether oxygens (including phenoxy) is 3. The number of carboxylic acid groups (broad SMARTS) is 1. The number of alkyl carbamates (subject to hydrolysis) is 1. The number of methoxy groups -OCH3 is 1. The molecule has 0 spiro atoms. The molecule has 1 aromatic carbocycles. The van der Waals surface area contributed by atoms with Crippen LogP contribution in [0.1, 0.15) is 31.1 Å². The molecule has 0 aliphatic heterocycles. The second-order valence-corrected chi connectivity index (χ2v) is 6.28. The molecule has 0 saturated carbocycles. The molecule has 11 heteroatoms. The first-order valence-electron chi connectivity index (χ1n) is 7.66. The van der Waals surface area contributed by atoms with E-state index in [2.05, 4.69) is 10.1 Å². The highest BCUT2D eigenvalue weighted by Crippen LogP contribution is 2.28. The molecule has 1 unspecified atom stereocenters. The summed E-state index contributed by atoms with van der Waals surface area (Å²) in [5.74, 6) is -2.47. The number of benzene rings is 1. The summed E-state index contributed by atoms with van der Waals surface area (Å²) in [7, 11) is 1.12. The van der Waals surface area contributed by atoms with E-state index >= 15 is 0 Å². The second kappa shape index (κ2) is 8.83. The summed E-state index contributed by atoms with van der Waals surface area (Å²) in [4.78, 5) is 44.8. The van der Waals surface area contributed by atoms with Crippen molar-refractivity contribution in [1.29, 1.82) is 0 Å². The maximum atomic E-state index is 11.7. The Kier molecular flexibility index (Phi) is 7.09. The van der Waals surface area contributed by atoms with Crippen LogP contribution in [-0.4, -0.2) is 53.4 Å². The molecule has 148 valence electrons. The normalized spacial score (nSPS) is 11.9. The molecule has 0 aliphatic carbocycles. The maximum Gasteiger partial charge on any atom is 0.408 e. The number of aliphatic carboxylic acids is 1. The van der Waals surface area contributed by atoms with Crippen LogP contribution in [0.25, 0.3) is 0 Å². The van der Waals surface area contributed by atoms with Gasteiger partial charge in [-0.15, -0.1) is 0 Å². The predicted octanol–water partition coefficient (Wildman–Crippen LogP) is 1.74. The fraction of sp³-hybridized carbons (Fsp3) is 0.438. The molecule has 27 heavy (non-hydrogen) atoms. The Morgan fingerprint density at radius 3 is 2.41 bits per heavy atom. The Morgan fingerprint density at radius 2 is 1.93 bits per heavy atom. The standard InChI is InChI=1S/C16H20N2O9/c1-16(2,3)27-15(22)17-10(13(19)20)8-26-12-6-5-9(14(21)25-4)7-11(12)18(23)24/h5-7,10H,8H2,1-4H3,(H,17,22)(H,19,20). The van der Waals surface area contributed by atoms with Gasteiger partial charge in [-0.05, 0) is 32.9 Å². The summed E-state index contributed by atoms with van der Waals surface area (Å²) in [6.45, 7) is 4.20. The van der Waals surface area contributed by atoms with Gasteiger partial charge in [0.2, 0.25) is 0 Å². The van der Waals surface area contributed by atoms with Crippen LogP contribution in [0.4, 0.5) is 10.5 Å². The molecule has 0 saturated heterocycles. The molecule has 1 atom stereocenters. The Labute approximate surface area is 154 Å². The third kappa shape index (κ3) is 6.80. The molecule has 2 N–H and O–H groups in total. The van der Waals surface area contributed by atoms with E-state index in [1.54, 1.807) is 20.8 Å². The van der Waals surface area contributed by atoms with Crippen LogP contribution in [0.5, 0.6) is 5.75 Å². The van der Waals surface area contributed by atoms with E-state index < -0.39 is 46.9 Å². The Bertz CT molecular complexity index is 740. The summed E-state index contributed by atoms with van der Waals surface area (Å²) in [5.41, 5.74) is -1.46. The fourth-order valence-electron chi connectivity index (χ4n) is 1.82. The number of rotatable bonds is 7. The lowest BCUT2D eigenvalue weighted by Gasteiger charge is -2.22. The molecular weight excluding hydrogens is 364 g/mol. The lowest BCUT2D eigenvalue weighted by molar-refractivity contribution is -0.385.